The lowest BCUT2D eigenvalue weighted by atomic mass is 9.82. The molecule has 2 aliphatic rings. The van der Waals surface area contributed by atoms with Crippen LogP contribution in [-0.2, 0) is 0 Å². The molecule has 0 aromatic carbocycles. The van der Waals surface area contributed by atoms with Gasteiger partial charge in [0.05, 0.1) is 0 Å². The van der Waals surface area contributed by atoms with Crippen LogP contribution in [0.2, 0.25) is 0 Å². The average molecular weight is 154 g/mol. The van der Waals surface area contributed by atoms with Crippen molar-refractivity contribution in [2.75, 3.05) is 13.1 Å². The Labute approximate surface area is 68.7 Å². The molecule has 1 aliphatic heterocycles. The van der Waals surface area contributed by atoms with E-state index in [1.165, 1.54) is 19.3 Å². The first-order valence-corrected chi connectivity index (χ1v) is 4.83. The zero-order chi connectivity index (χ0) is 7.68. The van der Waals surface area contributed by atoms with Crippen LogP contribution < -0.4 is 10.6 Å². The molecule has 3 atom stereocenters. The van der Waals surface area contributed by atoms with E-state index in [-0.39, 0.29) is 0 Å². The summed E-state index contributed by atoms with van der Waals surface area (Å²) in [7, 11) is 0. The molecule has 1 heterocycles. The quantitative estimate of drug-likeness (QED) is 0.537. The van der Waals surface area contributed by atoms with Gasteiger partial charge in [-0.3, -0.25) is 0 Å². The Bertz CT molecular complexity index is 136. The number of rotatable bonds is 0. The molecule has 2 N–H and O–H groups in total. The molecular formula is C9H18N2. The van der Waals surface area contributed by atoms with E-state index in [9.17, 15) is 0 Å². The Balaban J connectivity index is 1.93. The largest absolute Gasteiger partial charge is 0.311 e. The van der Waals surface area contributed by atoms with Crippen molar-refractivity contribution in [3.05, 3.63) is 0 Å². The Kier molecular flexibility index (Phi) is 2.14. The molecule has 0 amide bonds. The molecule has 2 heteroatoms. The van der Waals surface area contributed by atoms with Crippen LogP contribution in [0.15, 0.2) is 0 Å². The first kappa shape index (κ1) is 7.56. The highest BCUT2D eigenvalue weighted by atomic mass is 15.1. The van der Waals surface area contributed by atoms with Crippen molar-refractivity contribution in [2.45, 2.75) is 38.3 Å². The zero-order valence-corrected chi connectivity index (χ0v) is 7.27. The maximum absolute atomic E-state index is 3.59. The summed E-state index contributed by atoms with van der Waals surface area (Å²) in [4.78, 5) is 0. The molecule has 1 aliphatic carbocycles. The predicted octanol–water partition coefficient (Wildman–Crippen LogP) is 0.736. The third-order valence-corrected chi connectivity index (χ3v) is 3.05. The summed E-state index contributed by atoms with van der Waals surface area (Å²) in [6.07, 6.45) is 4.16. The van der Waals surface area contributed by atoms with Gasteiger partial charge in [0.1, 0.15) is 0 Å². The van der Waals surface area contributed by atoms with Crippen molar-refractivity contribution in [1.29, 1.82) is 0 Å². The molecule has 1 saturated carbocycles. The molecule has 2 nitrogen and oxygen atoms in total. The van der Waals surface area contributed by atoms with E-state index >= 15 is 0 Å². The highest BCUT2D eigenvalue weighted by Crippen LogP contribution is 2.24. The lowest BCUT2D eigenvalue weighted by Gasteiger charge is -2.39. The van der Waals surface area contributed by atoms with Crippen LogP contribution in [0.4, 0.5) is 0 Å². The molecular weight excluding hydrogens is 136 g/mol. The van der Waals surface area contributed by atoms with E-state index in [4.69, 9.17) is 0 Å². The van der Waals surface area contributed by atoms with E-state index in [2.05, 4.69) is 17.6 Å². The van der Waals surface area contributed by atoms with Crippen LogP contribution in [0.1, 0.15) is 26.2 Å². The van der Waals surface area contributed by atoms with Gasteiger partial charge in [-0.1, -0.05) is 6.92 Å². The minimum absolute atomic E-state index is 0.771. The van der Waals surface area contributed by atoms with E-state index in [0.717, 1.165) is 31.1 Å². The van der Waals surface area contributed by atoms with Gasteiger partial charge in [0.25, 0.3) is 0 Å². The highest BCUT2D eigenvalue weighted by Gasteiger charge is 2.29. The Morgan fingerprint density at radius 2 is 1.73 bits per heavy atom. The Hall–Kier alpha value is -0.0800. The summed E-state index contributed by atoms with van der Waals surface area (Å²) in [5.41, 5.74) is 0. The minimum atomic E-state index is 0.771. The van der Waals surface area contributed by atoms with Gasteiger partial charge in [0.2, 0.25) is 0 Å². The SMILES string of the molecule is C[C@@H]1CC[C@H]2NCCN[C@H]2C1. The van der Waals surface area contributed by atoms with Crippen LogP contribution in [0.3, 0.4) is 0 Å². The molecule has 1 saturated heterocycles. The predicted molar refractivity (Wildman–Crippen MR) is 46.6 cm³/mol. The molecule has 0 unspecified atom stereocenters. The maximum Gasteiger partial charge on any atom is 0.0224 e. The summed E-state index contributed by atoms with van der Waals surface area (Å²) in [5, 5.41) is 7.17. The van der Waals surface area contributed by atoms with Crippen molar-refractivity contribution >= 4 is 0 Å². The summed E-state index contributed by atoms with van der Waals surface area (Å²) < 4.78 is 0. The number of hydrogen-bond acceptors (Lipinski definition) is 2. The minimum Gasteiger partial charge on any atom is -0.311 e. The second-order valence-electron chi connectivity index (χ2n) is 4.04. The van der Waals surface area contributed by atoms with Crippen molar-refractivity contribution in [1.82, 2.24) is 10.6 Å². The monoisotopic (exact) mass is 154 g/mol. The zero-order valence-electron chi connectivity index (χ0n) is 7.27. The Morgan fingerprint density at radius 1 is 1.00 bits per heavy atom. The second-order valence-corrected chi connectivity index (χ2v) is 4.04. The van der Waals surface area contributed by atoms with Crippen LogP contribution in [0, 0.1) is 5.92 Å². The fourth-order valence-corrected chi connectivity index (χ4v) is 2.37. The standard InChI is InChI=1S/C9H18N2/c1-7-2-3-8-9(6-7)11-5-4-10-8/h7-11H,2-6H2,1H3/t7-,8-,9+/m1/s1. The lowest BCUT2D eigenvalue weighted by Crippen LogP contribution is -2.58. The van der Waals surface area contributed by atoms with Gasteiger partial charge in [0, 0.05) is 25.2 Å². The average Bonchev–Trinajstić information content (AvgIpc) is 2.04. The number of piperazine rings is 1. The Morgan fingerprint density at radius 3 is 2.55 bits per heavy atom. The first-order valence-electron chi connectivity index (χ1n) is 4.83. The molecule has 2 fully saturated rings. The van der Waals surface area contributed by atoms with Gasteiger partial charge in [-0.05, 0) is 25.2 Å². The smallest absolute Gasteiger partial charge is 0.0224 e. The number of fused-ring (bicyclic) bond motifs is 1. The third-order valence-electron chi connectivity index (χ3n) is 3.05. The summed E-state index contributed by atoms with van der Waals surface area (Å²) in [5.74, 6) is 0.934. The van der Waals surface area contributed by atoms with Crippen molar-refractivity contribution in [3.8, 4) is 0 Å². The molecule has 64 valence electrons. The molecule has 0 aromatic rings. The van der Waals surface area contributed by atoms with E-state index < -0.39 is 0 Å². The summed E-state index contributed by atoms with van der Waals surface area (Å²) in [6.45, 7) is 4.69. The van der Waals surface area contributed by atoms with E-state index in [1.807, 2.05) is 0 Å². The van der Waals surface area contributed by atoms with E-state index in [1.54, 1.807) is 0 Å². The van der Waals surface area contributed by atoms with Crippen LogP contribution in [0.5, 0.6) is 0 Å². The topological polar surface area (TPSA) is 24.1 Å². The van der Waals surface area contributed by atoms with Gasteiger partial charge >= 0.3 is 0 Å². The molecule has 2 rings (SSSR count). The molecule has 0 radical (unpaired) electrons. The van der Waals surface area contributed by atoms with Crippen LogP contribution >= 0.6 is 0 Å². The van der Waals surface area contributed by atoms with E-state index in [0.29, 0.717) is 0 Å². The molecule has 11 heavy (non-hydrogen) atoms. The fraction of sp³-hybridized carbons (Fsp3) is 1.00. The van der Waals surface area contributed by atoms with Gasteiger partial charge in [-0.2, -0.15) is 0 Å². The van der Waals surface area contributed by atoms with Gasteiger partial charge in [-0.25, -0.2) is 0 Å². The molecule has 0 aromatic heterocycles. The molecule has 0 spiro atoms. The first-order chi connectivity index (χ1) is 5.36. The van der Waals surface area contributed by atoms with Crippen molar-refractivity contribution in [3.63, 3.8) is 0 Å². The normalized spacial score (nSPS) is 45.0. The highest BCUT2D eigenvalue weighted by molar-refractivity contribution is 4.91. The van der Waals surface area contributed by atoms with Gasteiger partial charge in [-0.15, -0.1) is 0 Å². The number of hydrogen-bond donors (Lipinski definition) is 2. The van der Waals surface area contributed by atoms with Crippen molar-refractivity contribution in [2.24, 2.45) is 5.92 Å². The number of nitrogens with one attached hydrogen (secondary N) is 2. The summed E-state index contributed by atoms with van der Waals surface area (Å²) >= 11 is 0. The fourth-order valence-electron chi connectivity index (χ4n) is 2.37. The van der Waals surface area contributed by atoms with Crippen LogP contribution in [0.25, 0.3) is 0 Å². The second kappa shape index (κ2) is 3.11. The van der Waals surface area contributed by atoms with Gasteiger partial charge in [0.15, 0.2) is 0 Å². The molecule has 0 bridgehead atoms. The summed E-state index contributed by atoms with van der Waals surface area (Å²) in [6, 6.07) is 1.55. The maximum atomic E-state index is 3.59. The van der Waals surface area contributed by atoms with Crippen molar-refractivity contribution < 1.29 is 0 Å². The third kappa shape index (κ3) is 1.57. The van der Waals surface area contributed by atoms with Gasteiger partial charge < -0.3 is 10.6 Å². The lowest BCUT2D eigenvalue weighted by molar-refractivity contribution is 0.210. The van der Waals surface area contributed by atoms with Crippen LogP contribution in [-0.4, -0.2) is 25.2 Å².